The number of hydrogen-bond donors (Lipinski definition) is 2. The molecule has 3 aromatic rings. The fourth-order valence-electron chi connectivity index (χ4n) is 3.58. The van der Waals surface area contributed by atoms with E-state index in [2.05, 4.69) is 25.3 Å². The Hall–Kier alpha value is -2.79. The molecule has 0 radical (unpaired) electrons. The van der Waals surface area contributed by atoms with Crippen LogP contribution in [-0.4, -0.2) is 47.7 Å². The Morgan fingerprint density at radius 1 is 1.10 bits per heavy atom. The maximum absolute atomic E-state index is 13.3. The fraction of sp³-hybridized carbons (Fsp3) is 0.350. The van der Waals surface area contributed by atoms with Gasteiger partial charge in [-0.25, -0.2) is 23.4 Å². The van der Waals surface area contributed by atoms with Crippen molar-refractivity contribution < 1.29 is 21.6 Å². The Balaban J connectivity index is 1.87. The molecule has 0 spiro atoms. The molecular weight excluding hydrogens is 431 g/mol. The SMILES string of the molecule is CS(=O)(=O)c1nccc(-c2[nH]c(C3CCNCC3)nc2-c2cccc(C(F)(F)F)c2)n1. The minimum atomic E-state index is -4.50. The van der Waals surface area contributed by atoms with Gasteiger partial charge in [0.2, 0.25) is 15.0 Å². The maximum Gasteiger partial charge on any atom is 0.416 e. The van der Waals surface area contributed by atoms with Crippen molar-refractivity contribution in [1.29, 1.82) is 0 Å². The predicted octanol–water partition coefficient (Wildman–Crippen LogP) is 3.42. The average Bonchev–Trinajstić information content (AvgIpc) is 3.19. The highest BCUT2D eigenvalue weighted by Gasteiger charge is 2.31. The molecule has 0 atom stereocenters. The van der Waals surface area contributed by atoms with Crippen LogP contribution in [0.1, 0.15) is 30.1 Å². The van der Waals surface area contributed by atoms with Gasteiger partial charge in [0.15, 0.2) is 0 Å². The van der Waals surface area contributed by atoms with Crippen LogP contribution in [0, 0.1) is 0 Å². The van der Waals surface area contributed by atoms with E-state index in [1.165, 1.54) is 18.3 Å². The van der Waals surface area contributed by atoms with Crippen LogP contribution in [0.2, 0.25) is 0 Å². The summed E-state index contributed by atoms with van der Waals surface area (Å²) in [6, 6.07) is 6.40. The Labute approximate surface area is 177 Å². The number of benzene rings is 1. The average molecular weight is 451 g/mol. The molecule has 0 amide bonds. The van der Waals surface area contributed by atoms with Crippen molar-refractivity contribution in [3.05, 3.63) is 47.9 Å². The van der Waals surface area contributed by atoms with Crippen molar-refractivity contribution in [3.63, 3.8) is 0 Å². The molecule has 1 fully saturated rings. The second kappa shape index (κ2) is 8.04. The number of sulfone groups is 1. The molecule has 1 aliphatic rings. The molecule has 164 valence electrons. The number of aromatic amines is 1. The first-order chi connectivity index (χ1) is 14.6. The van der Waals surface area contributed by atoms with Gasteiger partial charge in [-0.3, -0.25) is 0 Å². The number of aromatic nitrogens is 4. The third-order valence-corrected chi connectivity index (χ3v) is 5.99. The lowest BCUT2D eigenvalue weighted by Gasteiger charge is -2.20. The summed E-state index contributed by atoms with van der Waals surface area (Å²) in [6.07, 6.45) is -0.545. The maximum atomic E-state index is 13.3. The van der Waals surface area contributed by atoms with Crippen molar-refractivity contribution in [2.24, 2.45) is 0 Å². The number of nitrogens with zero attached hydrogens (tertiary/aromatic N) is 3. The second-order valence-electron chi connectivity index (χ2n) is 7.45. The minimum absolute atomic E-state index is 0.107. The quantitative estimate of drug-likeness (QED) is 0.590. The first-order valence-electron chi connectivity index (χ1n) is 9.64. The Kier molecular flexibility index (Phi) is 5.56. The summed E-state index contributed by atoms with van der Waals surface area (Å²) in [5.41, 5.74) is 0.371. The number of halogens is 3. The summed E-state index contributed by atoms with van der Waals surface area (Å²) in [6.45, 7) is 1.62. The van der Waals surface area contributed by atoms with E-state index in [-0.39, 0.29) is 28.0 Å². The van der Waals surface area contributed by atoms with E-state index in [1.54, 1.807) is 6.07 Å². The number of rotatable bonds is 4. The van der Waals surface area contributed by atoms with E-state index in [1.807, 2.05) is 0 Å². The van der Waals surface area contributed by atoms with E-state index in [4.69, 9.17) is 0 Å². The van der Waals surface area contributed by atoms with Gasteiger partial charge in [-0.05, 0) is 44.1 Å². The van der Waals surface area contributed by atoms with Gasteiger partial charge in [0.05, 0.1) is 22.6 Å². The number of piperidine rings is 1. The number of imidazole rings is 1. The lowest BCUT2D eigenvalue weighted by atomic mass is 9.98. The van der Waals surface area contributed by atoms with Crippen LogP contribution in [0.15, 0.2) is 41.7 Å². The molecule has 2 aromatic heterocycles. The van der Waals surface area contributed by atoms with E-state index in [0.717, 1.165) is 44.3 Å². The van der Waals surface area contributed by atoms with Gasteiger partial charge in [0.1, 0.15) is 5.82 Å². The van der Waals surface area contributed by atoms with Crippen molar-refractivity contribution in [1.82, 2.24) is 25.3 Å². The zero-order valence-electron chi connectivity index (χ0n) is 16.6. The summed E-state index contributed by atoms with van der Waals surface area (Å²) in [5, 5.41) is 2.90. The van der Waals surface area contributed by atoms with Crippen molar-refractivity contribution in [2.75, 3.05) is 19.3 Å². The minimum Gasteiger partial charge on any atom is -0.340 e. The predicted molar refractivity (Wildman–Crippen MR) is 108 cm³/mol. The van der Waals surface area contributed by atoms with Crippen LogP contribution < -0.4 is 5.32 Å². The molecule has 1 aliphatic heterocycles. The van der Waals surface area contributed by atoms with Gasteiger partial charge in [-0.1, -0.05) is 12.1 Å². The molecule has 4 rings (SSSR count). The van der Waals surface area contributed by atoms with Gasteiger partial charge in [-0.2, -0.15) is 13.2 Å². The smallest absolute Gasteiger partial charge is 0.340 e. The summed E-state index contributed by atoms with van der Waals surface area (Å²) < 4.78 is 63.6. The zero-order valence-corrected chi connectivity index (χ0v) is 17.4. The molecule has 31 heavy (non-hydrogen) atoms. The standard InChI is InChI=1S/C20H20F3N5O2S/c1-31(29,30)19-25-10-7-15(26-19)17-16(13-3-2-4-14(11-13)20(21,22)23)27-18(28-17)12-5-8-24-9-6-12/h2-4,7,10-12,24H,5-6,8-9H2,1H3,(H,27,28). The molecule has 11 heteroatoms. The largest absolute Gasteiger partial charge is 0.416 e. The summed E-state index contributed by atoms with van der Waals surface area (Å²) >= 11 is 0. The van der Waals surface area contributed by atoms with Gasteiger partial charge in [-0.15, -0.1) is 0 Å². The zero-order chi connectivity index (χ0) is 22.2. The van der Waals surface area contributed by atoms with E-state index < -0.39 is 21.6 Å². The topological polar surface area (TPSA) is 101 Å². The van der Waals surface area contributed by atoms with Gasteiger partial charge in [0.25, 0.3) is 0 Å². The number of nitrogens with one attached hydrogen (secondary N) is 2. The van der Waals surface area contributed by atoms with Gasteiger partial charge in [0, 0.05) is 23.9 Å². The lowest BCUT2D eigenvalue weighted by molar-refractivity contribution is -0.137. The van der Waals surface area contributed by atoms with E-state index in [9.17, 15) is 21.6 Å². The van der Waals surface area contributed by atoms with E-state index >= 15 is 0 Å². The molecule has 0 saturated carbocycles. The molecular formula is C20H20F3N5O2S. The highest BCUT2D eigenvalue weighted by molar-refractivity contribution is 7.90. The van der Waals surface area contributed by atoms with Crippen molar-refractivity contribution in [3.8, 4) is 22.6 Å². The third-order valence-electron chi connectivity index (χ3n) is 5.13. The van der Waals surface area contributed by atoms with Crippen LogP contribution in [0.25, 0.3) is 22.6 Å². The van der Waals surface area contributed by atoms with Crippen LogP contribution in [-0.2, 0) is 16.0 Å². The highest BCUT2D eigenvalue weighted by Crippen LogP contribution is 2.36. The van der Waals surface area contributed by atoms with Crippen LogP contribution in [0.4, 0.5) is 13.2 Å². The van der Waals surface area contributed by atoms with Crippen molar-refractivity contribution in [2.45, 2.75) is 30.1 Å². The summed E-state index contributed by atoms with van der Waals surface area (Å²) in [4.78, 5) is 15.7. The number of alkyl halides is 3. The molecule has 0 unspecified atom stereocenters. The normalized spacial score (nSPS) is 15.9. The Morgan fingerprint density at radius 3 is 2.52 bits per heavy atom. The van der Waals surface area contributed by atoms with Crippen LogP contribution in [0.5, 0.6) is 0 Å². The third kappa shape index (κ3) is 4.62. The van der Waals surface area contributed by atoms with Crippen LogP contribution >= 0.6 is 0 Å². The van der Waals surface area contributed by atoms with Gasteiger partial charge < -0.3 is 10.3 Å². The van der Waals surface area contributed by atoms with Crippen molar-refractivity contribution >= 4 is 9.84 Å². The van der Waals surface area contributed by atoms with Gasteiger partial charge >= 0.3 is 6.18 Å². The highest BCUT2D eigenvalue weighted by atomic mass is 32.2. The fourth-order valence-corrected chi connectivity index (χ4v) is 4.09. The Morgan fingerprint density at radius 2 is 1.84 bits per heavy atom. The second-order valence-corrected chi connectivity index (χ2v) is 9.35. The first-order valence-corrected chi connectivity index (χ1v) is 11.5. The molecule has 0 aliphatic carbocycles. The molecule has 3 heterocycles. The van der Waals surface area contributed by atoms with Crippen LogP contribution in [0.3, 0.4) is 0 Å². The molecule has 2 N–H and O–H groups in total. The summed E-state index contributed by atoms with van der Waals surface area (Å²) in [7, 11) is -3.66. The molecule has 0 bridgehead atoms. The Bertz CT molecular complexity index is 1200. The lowest BCUT2D eigenvalue weighted by Crippen LogP contribution is -2.27. The van der Waals surface area contributed by atoms with E-state index in [0.29, 0.717) is 11.5 Å². The molecule has 1 saturated heterocycles. The molecule has 7 nitrogen and oxygen atoms in total. The summed E-state index contributed by atoms with van der Waals surface area (Å²) in [5.74, 6) is 0.749. The number of hydrogen-bond acceptors (Lipinski definition) is 6. The number of H-pyrrole nitrogens is 1. The monoisotopic (exact) mass is 451 g/mol. The molecule has 1 aromatic carbocycles. The first kappa shape index (κ1) is 21.4.